The topological polar surface area (TPSA) is 3.24 Å². The fourth-order valence-corrected chi connectivity index (χ4v) is 9.15. The van der Waals surface area contributed by atoms with E-state index in [2.05, 4.69) is 205 Å². The van der Waals surface area contributed by atoms with Gasteiger partial charge in [0.05, 0.1) is 11.1 Å². The van der Waals surface area contributed by atoms with Gasteiger partial charge >= 0.3 is 0 Å². The van der Waals surface area contributed by atoms with Crippen LogP contribution in [0.25, 0.3) is 33.4 Å². The molecule has 1 spiro atoms. The summed E-state index contributed by atoms with van der Waals surface area (Å²) in [5.41, 5.74) is 16.3. The van der Waals surface area contributed by atoms with Crippen molar-refractivity contribution >= 4 is 17.1 Å². The molecule has 10 rings (SSSR count). The van der Waals surface area contributed by atoms with Crippen molar-refractivity contribution in [1.82, 2.24) is 0 Å². The highest BCUT2D eigenvalue weighted by atomic mass is 15.1. The molecule has 0 amide bonds. The standard InChI is InChI=1S/C49H35N/c1-3-16-34(17-4-1)36-20-15-21-37(32-36)50(48-29-14-10-22-39(48)35-18-5-2-6-19-35)38-30-31-47-43(33-38)42-25-9-13-28-46(42)49(47)44-26-11-7-23-40(44)41-24-8-12-27-45(41)49/h1-33,40,44H. The highest BCUT2D eigenvalue weighted by molar-refractivity contribution is 5.93. The van der Waals surface area contributed by atoms with Crippen molar-refractivity contribution in [3.05, 3.63) is 222 Å². The molecule has 0 aromatic heterocycles. The summed E-state index contributed by atoms with van der Waals surface area (Å²) in [6.07, 6.45) is 9.36. The Morgan fingerprint density at radius 2 is 1.02 bits per heavy atom. The number of para-hydroxylation sites is 1. The Morgan fingerprint density at radius 1 is 0.400 bits per heavy atom. The summed E-state index contributed by atoms with van der Waals surface area (Å²) < 4.78 is 0. The van der Waals surface area contributed by atoms with Crippen LogP contribution >= 0.6 is 0 Å². The van der Waals surface area contributed by atoms with Crippen molar-refractivity contribution in [3.8, 4) is 33.4 Å². The minimum absolute atomic E-state index is 0.243. The second-order valence-corrected chi connectivity index (χ2v) is 13.6. The minimum atomic E-state index is -0.243. The maximum absolute atomic E-state index is 2.46. The molecular formula is C49H35N. The first-order valence-corrected chi connectivity index (χ1v) is 17.6. The van der Waals surface area contributed by atoms with Crippen LogP contribution in [-0.4, -0.2) is 0 Å². The van der Waals surface area contributed by atoms with Gasteiger partial charge in [-0.15, -0.1) is 0 Å². The fourth-order valence-electron chi connectivity index (χ4n) is 9.15. The number of rotatable bonds is 5. The SMILES string of the molecule is C1=CC2c3ccccc3C3(c4ccccc4-c4cc(N(c5cccc(-c6ccccc6)c5)c5ccccc5-c5ccccc5)ccc43)C2C=C1. The van der Waals surface area contributed by atoms with Crippen molar-refractivity contribution in [2.75, 3.05) is 4.90 Å². The Bertz CT molecular complexity index is 2450. The molecule has 3 aliphatic carbocycles. The molecule has 0 aliphatic heterocycles. The van der Waals surface area contributed by atoms with Crippen molar-refractivity contribution in [1.29, 1.82) is 0 Å². The number of benzene rings is 7. The Morgan fingerprint density at radius 3 is 1.86 bits per heavy atom. The van der Waals surface area contributed by atoms with Crippen molar-refractivity contribution in [2.45, 2.75) is 11.3 Å². The van der Waals surface area contributed by atoms with Crippen LogP contribution in [-0.2, 0) is 5.41 Å². The van der Waals surface area contributed by atoms with E-state index in [0.717, 1.165) is 17.1 Å². The smallest absolute Gasteiger partial charge is 0.0540 e. The number of anilines is 3. The summed E-state index contributed by atoms with van der Waals surface area (Å²) in [4.78, 5) is 2.46. The van der Waals surface area contributed by atoms with Gasteiger partial charge in [0.2, 0.25) is 0 Å². The van der Waals surface area contributed by atoms with Crippen LogP contribution in [0.4, 0.5) is 17.1 Å². The third-order valence-electron chi connectivity index (χ3n) is 11.1. The summed E-state index contributed by atoms with van der Waals surface area (Å²) in [6, 6.07) is 64.8. The first-order chi connectivity index (χ1) is 24.8. The van der Waals surface area contributed by atoms with Gasteiger partial charge in [-0.05, 0) is 80.4 Å². The highest BCUT2D eigenvalue weighted by Gasteiger charge is 2.56. The Kier molecular flexibility index (Phi) is 6.60. The van der Waals surface area contributed by atoms with Crippen LogP contribution in [0.3, 0.4) is 0 Å². The lowest BCUT2D eigenvalue weighted by Crippen LogP contribution is -2.32. The fraction of sp³-hybridized carbons (Fsp3) is 0.0612. The molecule has 0 N–H and O–H groups in total. The molecule has 3 unspecified atom stereocenters. The van der Waals surface area contributed by atoms with Gasteiger partial charge in [-0.25, -0.2) is 0 Å². The predicted octanol–water partition coefficient (Wildman–Crippen LogP) is 12.6. The molecule has 0 radical (unpaired) electrons. The number of nitrogens with zero attached hydrogens (tertiary/aromatic N) is 1. The van der Waals surface area contributed by atoms with Gasteiger partial charge in [-0.3, -0.25) is 0 Å². The number of hydrogen-bond donors (Lipinski definition) is 0. The van der Waals surface area contributed by atoms with Crippen LogP contribution in [0.15, 0.2) is 200 Å². The molecule has 0 saturated heterocycles. The van der Waals surface area contributed by atoms with Crippen LogP contribution in [0.1, 0.15) is 28.2 Å². The van der Waals surface area contributed by atoms with Crippen LogP contribution in [0, 0.1) is 5.92 Å². The van der Waals surface area contributed by atoms with Gasteiger partial charge in [-0.1, -0.05) is 170 Å². The van der Waals surface area contributed by atoms with E-state index >= 15 is 0 Å². The van der Waals surface area contributed by atoms with E-state index in [1.165, 1.54) is 55.6 Å². The molecule has 0 heterocycles. The first-order valence-electron chi connectivity index (χ1n) is 17.6. The molecule has 0 saturated carbocycles. The monoisotopic (exact) mass is 637 g/mol. The minimum Gasteiger partial charge on any atom is -0.310 e. The van der Waals surface area contributed by atoms with Crippen LogP contribution in [0.5, 0.6) is 0 Å². The van der Waals surface area contributed by atoms with E-state index in [9.17, 15) is 0 Å². The molecule has 7 aromatic carbocycles. The number of fused-ring (bicyclic) bond motifs is 10. The summed E-state index contributed by atoms with van der Waals surface area (Å²) in [7, 11) is 0. The van der Waals surface area contributed by atoms with E-state index < -0.39 is 0 Å². The molecule has 0 bridgehead atoms. The van der Waals surface area contributed by atoms with Gasteiger partial charge < -0.3 is 4.90 Å². The van der Waals surface area contributed by atoms with Crippen LogP contribution < -0.4 is 4.90 Å². The normalized spacial score (nSPS) is 19.1. The van der Waals surface area contributed by atoms with E-state index in [-0.39, 0.29) is 5.41 Å². The lowest BCUT2D eigenvalue weighted by molar-refractivity contribution is 0.465. The van der Waals surface area contributed by atoms with E-state index in [1.807, 2.05) is 0 Å². The summed E-state index contributed by atoms with van der Waals surface area (Å²) in [5.74, 6) is 0.667. The first kappa shape index (κ1) is 28.8. The zero-order chi connectivity index (χ0) is 33.1. The third kappa shape index (κ3) is 4.20. The average Bonchev–Trinajstić information content (AvgIpc) is 3.66. The summed E-state index contributed by atoms with van der Waals surface area (Å²) in [5, 5.41) is 0. The largest absolute Gasteiger partial charge is 0.310 e. The molecule has 3 atom stereocenters. The number of allylic oxidation sites excluding steroid dienone is 4. The van der Waals surface area contributed by atoms with Gasteiger partial charge in [0.1, 0.15) is 0 Å². The van der Waals surface area contributed by atoms with Gasteiger partial charge in [0.15, 0.2) is 0 Å². The van der Waals surface area contributed by atoms with Gasteiger partial charge in [0.25, 0.3) is 0 Å². The van der Waals surface area contributed by atoms with E-state index in [0.29, 0.717) is 11.8 Å². The maximum atomic E-state index is 2.46. The maximum Gasteiger partial charge on any atom is 0.0540 e. The molecule has 236 valence electrons. The Labute approximate surface area is 294 Å². The third-order valence-corrected chi connectivity index (χ3v) is 11.1. The number of hydrogen-bond acceptors (Lipinski definition) is 1. The van der Waals surface area contributed by atoms with Crippen molar-refractivity contribution in [3.63, 3.8) is 0 Å². The Balaban J connectivity index is 1.22. The quantitative estimate of drug-likeness (QED) is 0.182. The van der Waals surface area contributed by atoms with Crippen molar-refractivity contribution < 1.29 is 0 Å². The average molecular weight is 638 g/mol. The van der Waals surface area contributed by atoms with Crippen LogP contribution in [0.2, 0.25) is 0 Å². The summed E-state index contributed by atoms with van der Waals surface area (Å²) >= 11 is 0. The van der Waals surface area contributed by atoms with E-state index in [1.54, 1.807) is 0 Å². The predicted molar refractivity (Wildman–Crippen MR) is 208 cm³/mol. The Hall–Kier alpha value is -6.18. The highest BCUT2D eigenvalue weighted by Crippen LogP contribution is 2.65. The summed E-state index contributed by atoms with van der Waals surface area (Å²) in [6.45, 7) is 0. The van der Waals surface area contributed by atoms with Gasteiger partial charge in [0, 0.05) is 28.8 Å². The zero-order valence-corrected chi connectivity index (χ0v) is 27.7. The lowest BCUT2D eigenvalue weighted by Gasteiger charge is -2.36. The molecular weight excluding hydrogens is 603 g/mol. The second kappa shape index (κ2) is 11.5. The lowest BCUT2D eigenvalue weighted by atomic mass is 9.65. The molecule has 3 aliphatic rings. The zero-order valence-electron chi connectivity index (χ0n) is 27.7. The molecule has 0 fully saturated rings. The van der Waals surface area contributed by atoms with E-state index in [4.69, 9.17) is 0 Å². The van der Waals surface area contributed by atoms with Gasteiger partial charge in [-0.2, -0.15) is 0 Å². The molecule has 7 aromatic rings. The molecule has 1 nitrogen and oxygen atoms in total. The second-order valence-electron chi connectivity index (χ2n) is 13.6. The molecule has 1 heteroatoms. The van der Waals surface area contributed by atoms with Crippen molar-refractivity contribution in [2.24, 2.45) is 5.92 Å². The molecule has 50 heavy (non-hydrogen) atoms.